The second-order valence-corrected chi connectivity index (χ2v) is 7.75. The molecular weight excluding hydrogens is 346 g/mol. The normalized spacial score (nSPS) is 18.3. The maximum Gasteiger partial charge on any atom is 0.254 e. The third-order valence-corrected chi connectivity index (χ3v) is 5.83. The van der Waals surface area contributed by atoms with Crippen LogP contribution in [0.15, 0.2) is 22.9 Å². The number of rotatable bonds is 3. The van der Waals surface area contributed by atoms with Crippen molar-refractivity contribution in [2.75, 3.05) is 49.1 Å². The molecule has 2 aromatic heterocycles. The minimum absolute atomic E-state index is 0.138. The van der Waals surface area contributed by atoms with Crippen molar-refractivity contribution in [2.45, 2.75) is 26.2 Å². The zero-order valence-electron chi connectivity index (χ0n) is 15.2. The number of piperidine rings is 1. The molecule has 4 heterocycles. The summed E-state index contributed by atoms with van der Waals surface area (Å²) in [5.41, 5.74) is 0.800. The Labute approximate surface area is 158 Å². The van der Waals surface area contributed by atoms with E-state index in [1.165, 1.54) is 19.3 Å². The van der Waals surface area contributed by atoms with Crippen LogP contribution >= 0.6 is 11.3 Å². The number of thiophene rings is 1. The van der Waals surface area contributed by atoms with Crippen LogP contribution in [0, 0.1) is 6.92 Å². The van der Waals surface area contributed by atoms with Crippen LogP contribution in [-0.4, -0.2) is 60.0 Å². The van der Waals surface area contributed by atoms with Crippen molar-refractivity contribution in [1.29, 1.82) is 0 Å². The Bertz CT molecular complexity index is 749. The van der Waals surface area contributed by atoms with Gasteiger partial charge in [0.25, 0.3) is 5.91 Å². The molecule has 2 aromatic rings. The maximum atomic E-state index is 12.5. The van der Waals surface area contributed by atoms with E-state index in [9.17, 15) is 4.79 Å². The highest BCUT2D eigenvalue weighted by Crippen LogP contribution is 2.23. The second kappa shape index (κ2) is 7.61. The van der Waals surface area contributed by atoms with Crippen molar-refractivity contribution in [1.82, 2.24) is 14.9 Å². The zero-order valence-corrected chi connectivity index (χ0v) is 16.0. The Morgan fingerprint density at radius 2 is 1.62 bits per heavy atom. The van der Waals surface area contributed by atoms with Crippen molar-refractivity contribution in [3.8, 4) is 0 Å². The third kappa shape index (κ3) is 3.67. The van der Waals surface area contributed by atoms with Gasteiger partial charge in [0.05, 0.1) is 5.56 Å². The lowest BCUT2D eigenvalue weighted by Gasteiger charge is -2.36. The number of hydrogen-bond acceptors (Lipinski definition) is 6. The number of nitrogens with zero attached hydrogens (tertiary/aromatic N) is 5. The van der Waals surface area contributed by atoms with Crippen LogP contribution in [0.25, 0.3) is 0 Å². The number of piperazine rings is 1. The van der Waals surface area contributed by atoms with Crippen LogP contribution < -0.4 is 9.80 Å². The molecule has 26 heavy (non-hydrogen) atoms. The number of anilines is 2. The summed E-state index contributed by atoms with van der Waals surface area (Å²) >= 11 is 1.57. The van der Waals surface area contributed by atoms with Crippen LogP contribution in [0.3, 0.4) is 0 Å². The summed E-state index contributed by atoms with van der Waals surface area (Å²) in [7, 11) is 0. The Balaban J connectivity index is 1.44. The molecule has 0 bridgehead atoms. The Hall–Kier alpha value is -2.15. The summed E-state index contributed by atoms with van der Waals surface area (Å²) in [4.78, 5) is 28.4. The fourth-order valence-electron chi connectivity index (χ4n) is 3.69. The summed E-state index contributed by atoms with van der Waals surface area (Å²) in [5.74, 6) is 2.99. The number of carbonyl (C=O) groups is 1. The molecule has 2 fully saturated rings. The number of carbonyl (C=O) groups excluding carboxylic acids is 1. The van der Waals surface area contributed by atoms with Gasteiger partial charge >= 0.3 is 0 Å². The van der Waals surface area contributed by atoms with E-state index >= 15 is 0 Å². The number of aryl methyl sites for hydroxylation is 1. The van der Waals surface area contributed by atoms with Crippen LogP contribution in [-0.2, 0) is 0 Å². The molecule has 138 valence electrons. The summed E-state index contributed by atoms with van der Waals surface area (Å²) in [6.07, 6.45) is 3.79. The first-order valence-corrected chi connectivity index (χ1v) is 10.3. The van der Waals surface area contributed by atoms with Crippen molar-refractivity contribution in [2.24, 2.45) is 0 Å². The molecular formula is C19H25N5OS. The quantitative estimate of drug-likeness (QED) is 0.830. The topological polar surface area (TPSA) is 52.6 Å². The first kappa shape index (κ1) is 17.3. The fourth-order valence-corrected chi connectivity index (χ4v) is 4.32. The van der Waals surface area contributed by atoms with Gasteiger partial charge < -0.3 is 14.7 Å². The number of amides is 1. The predicted molar refractivity (Wildman–Crippen MR) is 105 cm³/mol. The average molecular weight is 372 g/mol. The molecule has 0 N–H and O–H groups in total. The van der Waals surface area contributed by atoms with Crippen molar-refractivity contribution < 1.29 is 4.79 Å². The number of hydrogen-bond donors (Lipinski definition) is 0. The summed E-state index contributed by atoms with van der Waals surface area (Å²) < 4.78 is 0. The fraction of sp³-hybridized carbons (Fsp3) is 0.526. The zero-order chi connectivity index (χ0) is 17.9. The molecule has 2 aliphatic heterocycles. The summed E-state index contributed by atoms with van der Waals surface area (Å²) in [6, 6.07) is 4.02. The molecule has 0 aliphatic carbocycles. The van der Waals surface area contributed by atoms with Gasteiger partial charge in [-0.1, -0.05) is 0 Å². The SMILES string of the molecule is Cc1nc(N2CCCCC2)cc(N2CCN(C(=O)c3ccsc3)CC2)n1. The molecule has 1 amide bonds. The molecule has 2 saturated heterocycles. The molecule has 0 radical (unpaired) electrons. The molecule has 2 aliphatic rings. The molecule has 4 rings (SSSR count). The van der Waals surface area contributed by atoms with E-state index in [1.807, 2.05) is 28.7 Å². The lowest BCUT2D eigenvalue weighted by molar-refractivity contribution is 0.0747. The summed E-state index contributed by atoms with van der Waals surface area (Å²) in [5, 5.41) is 3.88. The van der Waals surface area contributed by atoms with Gasteiger partial charge in [-0.2, -0.15) is 11.3 Å². The summed E-state index contributed by atoms with van der Waals surface area (Å²) in [6.45, 7) is 7.22. The van der Waals surface area contributed by atoms with Gasteiger partial charge in [0, 0.05) is 50.7 Å². The van der Waals surface area contributed by atoms with E-state index in [4.69, 9.17) is 0 Å². The largest absolute Gasteiger partial charge is 0.356 e. The van der Waals surface area contributed by atoms with Gasteiger partial charge in [0.1, 0.15) is 17.5 Å². The van der Waals surface area contributed by atoms with E-state index in [0.29, 0.717) is 0 Å². The van der Waals surface area contributed by atoms with Crippen molar-refractivity contribution in [3.63, 3.8) is 0 Å². The van der Waals surface area contributed by atoms with Gasteiger partial charge in [-0.3, -0.25) is 4.79 Å². The molecule has 7 heteroatoms. The van der Waals surface area contributed by atoms with Gasteiger partial charge in [-0.25, -0.2) is 9.97 Å². The second-order valence-electron chi connectivity index (χ2n) is 6.97. The third-order valence-electron chi connectivity index (χ3n) is 5.15. The smallest absolute Gasteiger partial charge is 0.254 e. The molecule has 6 nitrogen and oxygen atoms in total. The molecule has 0 spiro atoms. The van der Waals surface area contributed by atoms with Crippen molar-refractivity contribution >= 4 is 28.9 Å². The minimum Gasteiger partial charge on any atom is -0.356 e. The average Bonchev–Trinajstić information content (AvgIpc) is 3.22. The first-order chi connectivity index (χ1) is 12.7. The van der Waals surface area contributed by atoms with Crippen LogP contribution in [0.1, 0.15) is 35.4 Å². The Kier molecular flexibility index (Phi) is 5.06. The molecule has 0 unspecified atom stereocenters. The van der Waals surface area contributed by atoms with Gasteiger partial charge in [-0.15, -0.1) is 0 Å². The highest BCUT2D eigenvalue weighted by Gasteiger charge is 2.24. The lowest BCUT2D eigenvalue weighted by atomic mass is 10.1. The van der Waals surface area contributed by atoms with E-state index in [2.05, 4.69) is 25.8 Å². The predicted octanol–water partition coefficient (Wildman–Crippen LogP) is 2.80. The first-order valence-electron chi connectivity index (χ1n) is 9.38. The Morgan fingerprint density at radius 1 is 0.962 bits per heavy atom. The van der Waals surface area contributed by atoms with Crippen LogP contribution in [0.4, 0.5) is 11.6 Å². The molecule has 0 saturated carbocycles. The van der Waals surface area contributed by atoms with E-state index in [1.54, 1.807) is 11.3 Å². The van der Waals surface area contributed by atoms with E-state index in [-0.39, 0.29) is 5.91 Å². The minimum atomic E-state index is 0.138. The standard InChI is InChI=1S/C19H25N5OS/c1-15-20-17(22-6-3-2-4-7-22)13-18(21-15)23-8-10-24(11-9-23)19(25)16-5-12-26-14-16/h5,12-14H,2-4,6-11H2,1H3. The lowest BCUT2D eigenvalue weighted by Crippen LogP contribution is -2.49. The van der Waals surface area contributed by atoms with E-state index in [0.717, 1.165) is 62.3 Å². The van der Waals surface area contributed by atoms with Crippen molar-refractivity contribution in [3.05, 3.63) is 34.3 Å². The Morgan fingerprint density at radius 3 is 2.23 bits per heavy atom. The van der Waals surface area contributed by atoms with Crippen LogP contribution in [0.2, 0.25) is 0 Å². The van der Waals surface area contributed by atoms with Gasteiger partial charge in [0.15, 0.2) is 0 Å². The van der Waals surface area contributed by atoms with Gasteiger partial charge in [0.2, 0.25) is 0 Å². The van der Waals surface area contributed by atoms with E-state index < -0.39 is 0 Å². The molecule has 0 aromatic carbocycles. The maximum absolute atomic E-state index is 12.5. The van der Waals surface area contributed by atoms with Gasteiger partial charge in [-0.05, 0) is 37.6 Å². The highest BCUT2D eigenvalue weighted by molar-refractivity contribution is 7.08. The molecule has 0 atom stereocenters. The number of aromatic nitrogens is 2. The monoisotopic (exact) mass is 371 g/mol. The van der Waals surface area contributed by atoms with Crippen LogP contribution in [0.5, 0.6) is 0 Å². The highest BCUT2D eigenvalue weighted by atomic mass is 32.1.